The highest BCUT2D eigenvalue weighted by Crippen LogP contribution is 2.10. The van der Waals surface area contributed by atoms with Crippen molar-refractivity contribution < 1.29 is 9.90 Å². The first-order valence-corrected chi connectivity index (χ1v) is 7.59. The van der Waals surface area contributed by atoms with E-state index in [1.165, 1.54) is 0 Å². The number of carbonyl (C=O) groups is 1. The zero-order valence-corrected chi connectivity index (χ0v) is 13.0. The molecule has 0 unspecified atom stereocenters. The van der Waals surface area contributed by atoms with Gasteiger partial charge in [-0.15, -0.1) is 0 Å². The van der Waals surface area contributed by atoms with Crippen LogP contribution in [0.2, 0.25) is 0 Å². The molecule has 23 heavy (non-hydrogen) atoms. The number of rotatable bonds is 5. The average Bonchev–Trinajstić information content (AvgIpc) is 2.90. The standard InChI is InChI=1S/C18H19N3O2/c1-13-7-9-21-12-15(20-17(21)10-13)11-18(23)19-8-6-14-2-4-16(22)5-3-14/h2-5,7,9-10,12,22H,6,8,11H2,1H3,(H,19,23). The maximum atomic E-state index is 12.0. The van der Waals surface area contributed by atoms with E-state index in [1.807, 2.05) is 48.0 Å². The number of amides is 1. The quantitative estimate of drug-likeness (QED) is 0.759. The molecule has 1 aromatic carbocycles. The predicted molar refractivity (Wildman–Crippen MR) is 88.5 cm³/mol. The lowest BCUT2D eigenvalue weighted by Gasteiger charge is -2.04. The number of aromatic hydroxyl groups is 1. The maximum Gasteiger partial charge on any atom is 0.226 e. The van der Waals surface area contributed by atoms with Gasteiger partial charge in [0.15, 0.2) is 0 Å². The Morgan fingerprint density at radius 2 is 2.04 bits per heavy atom. The van der Waals surface area contributed by atoms with E-state index in [1.54, 1.807) is 12.1 Å². The number of imidazole rings is 1. The van der Waals surface area contributed by atoms with Crippen molar-refractivity contribution in [2.45, 2.75) is 19.8 Å². The Bertz CT molecular complexity index is 822. The maximum absolute atomic E-state index is 12.0. The van der Waals surface area contributed by atoms with Gasteiger partial charge in [0.2, 0.25) is 5.91 Å². The summed E-state index contributed by atoms with van der Waals surface area (Å²) in [5.41, 5.74) is 3.84. The van der Waals surface area contributed by atoms with E-state index in [9.17, 15) is 9.90 Å². The molecule has 2 aromatic heterocycles. The number of phenols is 1. The number of benzene rings is 1. The van der Waals surface area contributed by atoms with Crippen LogP contribution in [0, 0.1) is 6.92 Å². The first-order valence-electron chi connectivity index (χ1n) is 7.59. The number of phenolic OH excluding ortho intramolecular Hbond substituents is 1. The molecule has 3 aromatic rings. The average molecular weight is 309 g/mol. The third-order valence-corrected chi connectivity index (χ3v) is 3.68. The summed E-state index contributed by atoms with van der Waals surface area (Å²) < 4.78 is 1.92. The van der Waals surface area contributed by atoms with Gasteiger partial charge in [0.25, 0.3) is 0 Å². The normalized spacial score (nSPS) is 10.8. The van der Waals surface area contributed by atoms with E-state index in [4.69, 9.17) is 0 Å². The lowest BCUT2D eigenvalue weighted by Crippen LogP contribution is -2.27. The van der Waals surface area contributed by atoms with Gasteiger partial charge < -0.3 is 14.8 Å². The molecular weight excluding hydrogens is 290 g/mol. The smallest absolute Gasteiger partial charge is 0.226 e. The van der Waals surface area contributed by atoms with E-state index >= 15 is 0 Å². The van der Waals surface area contributed by atoms with Crippen molar-refractivity contribution in [2.75, 3.05) is 6.54 Å². The molecule has 5 heteroatoms. The molecule has 0 aliphatic rings. The van der Waals surface area contributed by atoms with Crippen molar-refractivity contribution in [2.24, 2.45) is 0 Å². The minimum atomic E-state index is -0.0380. The van der Waals surface area contributed by atoms with Crippen LogP contribution in [0.4, 0.5) is 0 Å². The van der Waals surface area contributed by atoms with E-state index in [2.05, 4.69) is 10.3 Å². The summed E-state index contributed by atoms with van der Waals surface area (Å²) in [7, 11) is 0. The van der Waals surface area contributed by atoms with Crippen molar-refractivity contribution in [3.05, 3.63) is 65.6 Å². The molecule has 0 saturated heterocycles. The highest BCUT2D eigenvalue weighted by Gasteiger charge is 2.07. The number of aromatic nitrogens is 2. The van der Waals surface area contributed by atoms with Gasteiger partial charge in [0.1, 0.15) is 11.4 Å². The van der Waals surface area contributed by atoms with Gasteiger partial charge in [-0.1, -0.05) is 12.1 Å². The molecule has 0 saturated carbocycles. The van der Waals surface area contributed by atoms with Crippen molar-refractivity contribution >= 4 is 11.6 Å². The molecule has 0 atom stereocenters. The van der Waals surface area contributed by atoms with Gasteiger partial charge in [-0.05, 0) is 48.7 Å². The molecule has 3 rings (SSSR count). The van der Waals surface area contributed by atoms with Crippen LogP contribution in [0.5, 0.6) is 5.75 Å². The van der Waals surface area contributed by atoms with Crippen LogP contribution < -0.4 is 5.32 Å². The number of hydrogen-bond acceptors (Lipinski definition) is 3. The zero-order valence-electron chi connectivity index (χ0n) is 13.0. The molecule has 2 heterocycles. The Labute approximate surface area is 134 Å². The zero-order chi connectivity index (χ0) is 16.2. The van der Waals surface area contributed by atoms with Gasteiger partial charge in [0, 0.05) is 18.9 Å². The van der Waals surface area contributed by atoms with Gasteiger partial charge in [0.05, 0.1) is 12.1 Å². The van der Waals surface area contributed by atoms with E-state index in [0.717, 1.165) is 28.9 Å². The van der Waals surface area contributed by atoms with E-state index in [0.29, 0.717) is 6.54 Å². The molecule has 1 amide bonds. The number of hydrogen-bond donors (Lipinski definition) is 2. The summed E-state index contributed by atoms with van der Waals surface area (Å²) in [6.45, 7) is 2.58. The molecule has 0 aliphatic carbocycles. The lowest BCUT2D eigenvalue weighted by atomic mass is 10.1. The molecule has 2 N–H and O–H groups in total. The van der Waals surface area contributed by atoms with Gasteiger partial charge in [-0.2, -0.15) is 0 Å². The summed E-state index contributed by atoms with van der Waals surface area (Å²) in [5.74, 6) is 0.212. The summed E-state index contributed by atoms with van der Waals surface area (Å²) in [6, 6.07) is 11.0. The minimum Gasteiger partial charge on any atom is -0.508 e. The third-order valence-electron chi connectivity index (χ3n) is 3.68. The summed E-state index contributed by atoms with van der Waals surface area (Å²) in [6.07, 6.45) is 4.84. The van der Waals surface area contributed by atoms with E-state index < -0.39 is 0 Å². The Hall–Kier alpha value is -2.82. The van der Waals surface area contributed by atoms with Crippen LogP contribution in [0.3, 0.4) is 0 Å². The van der Waals surface area contributed by atoms with Crippen molar-refractivity contribution in [1.29, 1.82) is 0 Å². The number of carbonyl (C=O) groups excluding carboxylic acids is 1. The lowest BCUT2D eigenvalue weighted by molar-refractivity contribution is -0.120. The van der Waals surface area contributed by atoms with Crippen LogP contribution in [0.15, 0.2) is 48.8 Å². The first-order chi connectivity index (χ1) is 11.1. The number of fused-ring (bicyclic) bond motifs is 1. The van der Waals surface area contributed by atoms with Crippen LogP contribution in [0.1, 0.15) is 16.8 Å². The molecule has 5 nitrogen and oxygen atoms in total. The van der Waals surface area contributed by atoms with E-state index in [-0.39, 0.29) is 18.1 Å². The monoisotopic (exact) mass is 309 g/mol. The molecular formula is C18H19N3O2. The summed E-state index contributed by atoms with van der Waals surface area (Å²) in [5, 5.41) is 12.1. The van der Waals surface area contributed by atoms with Crippen LogP contribution >= 0.6 is 0 Å². The summed E-state index contributed by atoms with van der Waals surface area (Å²) >= 11 is 0. The summed E-state index contributed by atoms with van der Waals surface area (Å²) in [4.78, 5) is 16.5. The van der Waals surface area contributed by atoms with Crippen LogP contribution in [-0.4, -0.2) is 26.9 Å². The highest BCUT2D eigenvalue weighted by molar-refractivity contribution is 5.78. The molecule has 0 radical (unpaired) electrons. The minimum absolute atomic E-state index is 0.0380. The predicted octanol–water partition coefficient (Wildman–Crippen LogP) is 2.25. The molecule has 0 fully saturated rings. The first kappa shape index (κ1) is 15.1. The Balaban J connectivity index is 1.53. The van der Waals surface area contributed by atoms with Crippen molar-refractivity contribution in [3.8, 4) is 5.75 Å². The Morgan fingerprint density at radius 1 is 1.26 bits per heavy atom. The van der Waals surface area contributed by atoms with Crippen LogP contribution in [0.25, 0.3) is 5.65 Å². The van der Waals surface area contributed by atoms with Crippen molar-refractivity contribution in [1.82, 2.24) is 14.7 Å². The van der Waals surface area contributed by atoms with Crippen LogP contribution in [-0.2, 0) is 17.6 Å². The highest BCUT2D eigenvalue weighted by atomic mass is 16.3. The molecule has 0 bridgehead atoms. The van der Waals surface area contributed by atoms with Gasteiger partial charge >= 0.3 is 0 Å². The molecule has 0 aliphatic heterocycles. The Morgan fingerprint density at radius 3 is 2.83 bits per heavy atom. The Kier molecular flexibility index (Phi) is 4.28. The third kappa shape index (κ3) is 3.88. The second-order valence-electron chi connectivity index (χ2n) is 5.64. The second kappa shape index (κ2) is 6.52. The number of nitrogens with one attached hydrogen (secondary N) is 1. The van der Waals surface area contributed by atoms with Gasteiger partial charge in [-0.3, -0.25) is 4.79 Å². The van der Waals surface area contributed by atoms with Gasteiger partial charge in [-0.25, -0.2) is 4.98 Å². The number of nitrogens with zero attached hydrogens (tertiary/aromatic N) is 2. The second-order valence-corrected chi connectivity index (χ2v) is 5.64. The topological polar surface area (TPSA) is 66.6 Å². The fraction of sp³-hybridized carbons (Fsp3) is 0.222. The SMILES string of the molecule is Cc1ccn2cc(CC(=O)NCCc3ccc(O)cc3)nc2c1. The molecule has 0 spiro atoms. The largest absolute Gasteiger partial charge is 0.508 e. The van der Waals surface area contributed by atoms with Crippen molar-refractivity contribution in [3.63, 3.8) is 0 Å². The fourth-order valence-electron chi connectivity index (χ4n) is 2.46. The molecule has 118 valence electrons. The number of pyridine rings is 1. The number of aryl methyl sites for hydroxylation is 1. The fourth-order valence-corrected chi connectivity index (χ4v) is 2.46.